The molecule has 11 aromatic rings. The Labute approximate surface area is 322 Å². The van der Waals surface area contributed by atoms with Gasteiger partial charge in [0.25, 0.3) is 0 Å². The summed E-state index contributed by atoms with van der Waals surface area (Å²) in [7, 11) is 0. The van der Waals surface area contributed by atoms with Gasteiger partial charge in [-0.05, 0) is 35.4 Å². The fourth-order valence-electron chi connectivity index (χ4n) is 8.11. The van der Waals surface area contributed by atoms with Gasteiger partial charge in [-0.15, -0.1) is 0 Å². The van der Waals surface area contributed by atoms with Crippen molar-refractivity contribution in [1.82, 2.24) is 24.1 Å². The highest BCUT2D eigenvalue weighted by Crippen LogP contribution is 2.37. The molecular formula is C49H33N7+2. The predicted octanol–water partition coefficient (Wildman–Crippen LogP) is 9.95. The lowest BCUT2D eigenvalue weighted by Gasteiger charge is -2.14. The van der Waals surface area contributed by atoms with Gasteiger partial charge in [-0.2, -0.15) is 24.1 Å². The van der Waals surface area contributed by atoms with E-state index in [1.54, 1.807) is 0 Å². The molecule has 0 atom stereocenters. The second-order valence-electron chi connectivity index (χ2n) is 13.8. The summed E-state index contributed by atoms with van der Waals surface area (Å²) in [6, 6.07) is 61.1. The Kier molecular flexibility index (Phi) is 7.35. The molecule has 7 heteroatoms. The van der Waals surface area contributed by atoms with Gasteiger partial charge in [0.05, 0.1) is 22.1 Å². The quantitative estimate of drug-likeness (QED) is 0.161. The Morgan fingerprint density at radius 2 is 0.696 bits per heavy atom. The van der Waals surface area contributed by atoms with Crippen molar-refractivity contribution < 1.29 is 9.13 Å². The first-order valence-corrected chi connectivity index (χ1v) is 18.7. The molecule has 0 bridgehead atoms. The van der Waals surface area contributed by atoms with Crippen molar-refractivity contribution in [3.05, 3.63) is 201 Å². The van der Waals surface area contributed by atoms with Gasteiger partial charge >= 0.3 is 0 Å². The SMILES string of the molecule is c1ccc(-c2cc(-[n+]3ccccc3)c(-c3nc(-n4c5ccccc5c5ccccc54)nc(-n4c5ccccc5c5ccccc54)n3)c(-[n+]3ccccc3)c2)cc1. The van der Waals surface area contributed by atoms with Crippen LogP contribution in [0.3, 0.4) is 0 Å². The fourth-order valence-corrected chi connectivity index (χ4v) is 8.11. The van der Waals surface area contributed by atoms with Gasteiger partial charge in [-0.3, -0.25) is 9.13 Å². The van der Waals surface area contributed by atoms with Crippen LogP contribution in [0.2, 0.25) is 0 Å². The molecule has 6 aromatic carbocycles. The lowest BCUT2D eigenvalue weighted by molar-refractivity contribution is -0.602. The van der Waals surface area contributed by atoms with Crippen molar-refractivity contribution in [1.29, 1.82) is 0 Å². The molecule has 0 radical (unpaired) electrons. The average molecular weight is 720 g/mol. The summed E-state index contributed by atoms with van der Waals surface area (Å²) in [4.78, 5) is 16.4. The van der Waals surface area contributed by atoms with E-state index in [9.17, 15) is 0 Å². The van der Waals surface area contributed by atoms with E-state index in [0.717, 1.165) is 71.7 Å². The summed E-state index contributed by atoms with van der Waals surface area (Å²) < 4.78 is 8.66. The molecule has 5 heterocycles. The van der Waals surface area contributed by atoms with Crippen LogP contribution in [-0.2, 0) is 0 Å². The van der Waals surface area contributed by atoms with Gasteiger partial charge in [-0.1, -0.05) is 115 Å². The van der Waals surface area contributed by atoms with E-state index >= 15 is 0 Å². The third-order valence-corrected chi connectivity index (χ3v) is 10.6. The summed E-state index contributed by atoms with van der Waals surface area (Å²) in [6.45, 7) is 0. The van der Waals surface area contributed by atoms with E-state index < -0.39 is 0 Å². The molecule has 5 aromatic heterocycles. The maximum absolute atomic E-state index is 5.49. The first kappa shape index (κ1) is 31.7. The van der Waals surface area contributed by atoms with Crippen LogP contribution < -0.4 is 9.13 Å². The van der Waals surface area contributed by atoms with Crippen molar-refractivity contribution in [2.24, 2.45) is 0 Å². The Morgan fingerprint density at radius 1 is 0.339 bits per heavy atom. The van der Waals surface area contributed by atoms with Gasteiger partial charge < -0.3 is 0 Å². The number of benzene rings is 6. The molecule has 0 unspecified atom stereocenters. The number of fused-ring (bicyclic) bond motifs is 6. The Hall–Kier alpha value is -7.77. The summed E-state index contributed by atoms with van der Waals surface area (Å²) in [5, 5.41) is 4.54. The van der Waals surface area contributed by atoms with Crippen LogP contribution in [0.1, 0.15) is 0 Å². The lowest BCUT2D eigenvalue weighted by atomic mass is 9.99. The minimum Gasteiger partial charge on any atom is -0.278 e. The molecule has 0 saturated heterocycles. The molecule has 0 aliphatic rings. The van der Waals surface area contributed by atoms with E-state index in [4.69, 9.17) is 15.0 Å². The third-order valence-electron chi connectivity index (χ3n) is 10.6. The average Bonchev–Trinajstić information content (AvgIpc) is 3.80. The van der Waals surface area contributed by atoms with Gasteiger partial charge in [0.2, 0.25) is 23.3 Å². The van der Waals surface area contributed by atoms with Crippen molar-refractivity contribution in [2.45, 2.75) is 0 Å². The van der Waals surface area contributed by atoms with Gasteiger partial charge in [-0.25, -0.2) is 0 Å². The molecule has 0 saturated carbocycles. The molecule has 0 aliphatic carbocycles. The van der Waals surface area contributed by atoms with Crippen molar-refractivity contribution in [2.75, 3.05) is 0 Å². The number of hydrogen-bond donors (Lipinski definition) is 0. The molecule has 0 amide bonds. The van der Waals surface area contributed by atoms with Crippen LogP contribution >= 0.6 is 0 Å². The van der Waals surface area contributed by atoms with E-state index in [0.29, 0.717) is 17.7 Å². The summed E-state index contributed by atoms with van der Waals surface area (Å²) in [6.07, 6.45) is 8.32. The molecule has 11 rings (SSSR count). The van der Waals surface area contributed by atoms with Crippen LogP contribution in [0.25, 0.3) is 89.4 Å². The predicted molar refractivity (Wildman–Crippen MR) is 222 cm³/mol. The minimum absolute atomic E-state index is 0.532. The Balaban J connectivity index is 1.31. The zero-order chi connectivity index (χ0) is 37.0. The van der Waals surface area contributed by atoms with Gasteiger partial charge in [0.15, 0.2) is 36.2 Å². The van der Waals surface area contributed by atoms with Crippen molar-refractivity contribution >= 4 is 43.6 Å². The van der Waals surface area contributed by atoms with E-state index in [1.165, 1.54) is 0 Å². The second kappa shape index (κ2) is 13.0. The Morgan fingerprint density at radius 3 is 1.11 bits per heavy atom. The summed E-state index contributed by atoms with van der Waals surface area (Å²) in [5.74, 6) is 1.61. The smallest absolute Gasteiger partial charge is 0.240 e. The Bertz CT molecular complexity index is 2940. The maximum atomic E-state index is 5.49. The number of nitrogens with zero attached hydrogens (tertiary/aromatic N) is 7. The highest BCUT2D eigenvalue weighted by molar-refractivity contribution is 6.10. The number of rotatable bonds is 6. The van der Waals surface area contributed by atoms with Crippen molar-refractivity contribution in [3.8, 4) is 45.8 Å². The van der Waals surface area contributed by atoms with Crippen LogP contribution in [0.4, 0.5) is 0 Å². The number of hydrogen-bond acceptors (Lipinski definition) is 3. The zero-order valence-corrected chi connectivity index (χ0v) is 30.2. The van der Waals surface area contributed by atoms with Crippen LogP contribution in [0.15, 0.2) is 201 Å². The number of para-hydroxylation sites is 4. The molecular weight excluding hydrogens is 687 g/mol. The number of aromatic nitrogens is 7. The third kappa shape index (κ3) is 5.10. The van der Waals surface area contributed by atoms with Crippen molar-refractivity contribution in [3.63, 3.8) is 0 Å². The summed E-state index contributed by atoms with van der Waals surface area (Å²) >= 11 is 0. The molecule has 0 N–H and O–H groups in total. The van der Waals surface area contributed by atoms with Crippen LogP contribution in [0.5, 0.6) is 0 Å². The highest BCUT2D eigenvalue weighted by Gasteiger charge is 2.30. The molecule has 0 fully saturated rings. The minimum atomic E-state index is 0.532. The molecule has 7 nitrogen and oxygen atoms in total. The second-order valence-corrected chi connectivity index (χ2v) is 13.8. The molecule has 56 heavy (non-hydrogen) atoms. The monoisotopic (exact) mass is 719 g/mol. The lowest BCUT2D eigenvalue weighted by Crippen LogP contribution is -2.35. The van der Waals surface area contributed by atoms with Gasteiger partial charge in [0.1, 0.15) is 0 Å². The highest BCUT2D eigenvalue weighted by atomic mass is 15.3. The molecule has 262 valence electrons. The van der Waals surface area contributed by atoms with E-state index in [2.05, 4.69) is 207 Å². The van der Waals surface area contributed by atoms with Gasteiger partial charge in [0, 0.05) is 57.9 Å². The first-order valence-electron chi connectivity index (χ1n) is 18.7. The van der Waals surface area contributed by atoms with E-state index in [-0.39, 0.29) is 0 Å². The molecule has 0 aliphatic heterocycles. The summed E-state index contributed by atoms with van der Waals surface area (Å²) in [5.41, 5.74) is 9.01. The first-order chi connectivity index (χ1) is 27.8. The topological polar surface area (TPSA) is 56.3 Å². The normalized spacial score (nSPS) is 11.6. The van der Waals surface area contributed by atoms with Crippen LogP contribution in [-0.4, -0.2) is 24.1 Å². The maximum Gasteiger partial charge on any atom is 0.240 e. The zero-order valence-electron chi connectivity index (χ0n) is 30.2. The molecule has 0 spiro atoms. The largest absolute Gasteiger partial charge is 0.278 e. The van der Waals surface area contributed by atoms with Crippen LogP contribution in [0, 0.1) is 0 Å². The van der Waals surface area contributed by atoms with E-state index in [1.807, 2.05) is 12.1 Å². The number of pyridine rings is 2. The fraction of sp³-hybridized carbons (Fsp3) is 0. The standard InChI is InChI=1S/C49H33N7/c1-4-18-34(19-5-1)35-32-44(53-28-14-2-15-29-53)46(45(33-35)54-30-16-3-17-31-54)47-50-48(55-40-24-10-6-20-36(40)37-21-7-11-25-41(37)55)52-49(51-47)56-42-26-12-8-22-38(42)39-23-9-13-27-43(39)56/h1-33H/q+2.